The third kappa shape index (κ3) is 2.30. The molecule has 1 aromatic carbocycles. The molecule has 0 saturated heterocycles. The molecular formula is C12H8N2O3S2. The minimum absolute atomic E-state index is 0.0361. The number of allylic oxidation sites excluding steroid dienone is 1. The van der Waals surface area contributed by atoms with Crippen LogP contribution in [0.25, 0.3) is 4.85 Å². The molecule has 0 amide bonds. The van der Waals surface area contributed by atoms with E-state index in [4.69, 9.17) is 16.6 Å². The molecule has 0 atom stereocenters. The third-order valence-corrected chi connectivity index (χ3v) is 4.86. The van der Waals surface area contributed by atoms with Crippen molar-refractivity contribution in [2.75, 3.05) is 6.61 Å². The van der Waals surface area contributed by atoms with Gasteiger partial charge in [-0.05, 0) is 6.92 Å². The van der Waals surface area contributed by atoms with Crippen LogP contribution in [0.4, 0.5) is 0 Å². The SMILES string of the molecule is [C-]#[N+]/C(C#N)=C1\Sc2c(O)cc(OCC)c(O)c2S1. The monoisotopic (exact) mass is 292 g/mol. The first-order chi connectivity index (χ1) is 9.12. The van der Waals surface area contributed by atoms with Crippen molar-refractivity contribution >= 4 is 23.5 Å². The van der Waals surface area contributed by atoms with E-state index >= 15 is 0 Å². The van der Waals surface area contributed by atoms with Gasteiger partial charge in [-0.2, -0.15) is 0 Å². The Labute approximate surface area is 118 Å². The molecule has 0 spiro atoms. The van der Waals surface area contributed by atoms with Crippen molar-refractivity contribution in [1.82, 2.24) is 0 Å². The van der Waals surface area contributed by atoms with E-state index < -0.39 is 0 Å². The summed E-state index contributed by atoms with van der Waals surface area (Å²) < 4.78 is 5.67. The van der Waals surface area contributed by atoms with E-state index in [0.29, 0.717) is 20.6 Å². The molecule has 0 unspecified atom stereocenters. The normalized spacial score (nSPS) is 15.3. The molecule has 0 saturated carbocycles. The van der Waals surface area contributed by atoms with Gasteiger partial charge in [0, 0.05) is 6.07 Å². The van der Waals surface area contributed by atoms with Crippen LogP contribution in [0.5, 0.6) is 17.2 Å². The summed E-state index contributed by atoms with van der Waals surface area (Å²) in [5, 5.41) is 28.8. The van der Waals surface area contributed by atoms with E-state index in [1.807, 2.05) is 0 Å². The maximum absolute atomic E-state index is 10.1. The summed E-state index contributed by atoms with van der Waals surface area (Å²) in [6.45, 7) is 9.04. The molecule has 1 aromatic rings. The van der Waals surface area contributed by atoms with E-state index in [9.17, 15) is 10.2 Å². The molecule has 96 valence electrons. The number of hydrogen-bond acceptors (Lipinski definition) is 6. The average molecular weight is 292 g/mol. The minimum Gasteiger partial charge on any atom is -0.507 e. The van der Waals surface area contributed by atoms with Crippen molar-refractivity contribution in [2.24, 2.45) is 0 Å². The lowest BCUT2D eigenvalue weighted by atomic mass is 10.3. The highest BCUT2D eigenvalue weighted by atomic mass is 32.2. The number of aromatic hydroxyl groups is 2. The number of hydrogen-bond donors (Lipinski definition) is 2. The predicted octanol–water partition coefficient (Wildman–Crippen LogP) is 3.31. The Balaban J connectivity index is 2.53. The largest absolute Gasteiger partial charge is 0.507 e. The van der Waals surface area contributed by atoms with E-state index in [-0.39, 0.29) is 22.9 Å². The van der Waals surface area contributed by atoms with Crippen LogP contribution in [0.15, 0.2) is 25.8 Å². The van der Waals surface area contributed by atoms with Gasteiger partial charge in [-0.1, -0.05) is 23.5 Å². The number of benzene rings is 1. The van der Waals surface area contributed by atoms with Gasteiger partial charge in [0.1, 0.15) is 5.75 Å². The number of thioether (sulfide) groups is 2. The Morgan fingerprint density at radius 1 is 1.47 bits per heavy atom. The van der Waals surface area contributed by atoms with Crippen LogP contribution in [0.3, 0.4) is 0 Å². The highest BCUT2D eigenvalue weighted by Crippen LogP contribution is 2.60. The summed E-state index contributed by atoms with van der Waals surface area (Å²) in [5.74, 6) is 0.0739. The van der Waals surface area contributed by atoms with Gasteiger partial charge in [-0.3, -0.25) is 0 Å². The Morgan fingerprint density at radius 2 is 2.16 bits per heavy atom. The summed E-state index contributed by atoms with van der Waals surface area (Å²) in [5.41, 5.74) is -0.0528. The highest BCUT2D eigenvalue weighted by Gasteiger charge is 2.29. The second-order valence-corrected chi connectivity index (χ2v) is 5.70. The van der Waals surface area contributed by atoms with Crippen LogP contribution in [-0.4, -0.2) is 16.8 Å². The molecule has 1 heterocycles. The van der Waals surface area contributed by atoms with Crippen LogP contribution < -0.4 is 4.74 Å². The van der Waals surface area contributed by atoms with Crippen LogP contribution in [0.1, 0.15) is 6.92 Å². The fraction of sp³-hybridized carbons (Fsp3) is 0.167. The molecule has 1 aliphatic heterocycles. The fourth-order valence-electron chi connectivity index (χ4n) is 1.47. The number of phenols is 2. The van der Waals surface area contributed by atoms with Crippen LogP contribution in [0.2, 0.25) is 0 Å². The topological polar surface area (TPSA) is 77.8 Å². The van der Waals surface area contributed by atoms with Gasteiger partial charge in [0.25, 0.3) is 5.70 Å². The molecule has 2 N–H and O–H groups in total. The first kappa shape index (κ1) is 13.5. The lowest BCUT2D eigenvalue weighted by molar-refractivity contribution is 0.310. The number of phenolic OH excluding ortho intramolecular Hbond substituents is 2. The maximum atomic E-state index is 10.1. The molecule has 7 heteroatoms. The van der Waals surface area contributed by atoms with Crippen LogP contribution in [0, 0.1) is 17.9 Å². The van der Waals surface area contributed by atoms with Gasteiger partial charge >= 0.3 is 0 Å². The van der Waals surface area contributed by atoms with Gasteiger partial charge in [-0.15, -0.1) is 0 Å². The van der Waals surface area contributed by atoms with Crippen molar-refractivity contribution in [1.29, 1.82) is 5.26 Å². The van der Waals surface area contributed by atoms with Crippen molar-refractivity contribution in [3.8, 4) is 23.3 Å². The predicted molar refractivity (Wildman–Crippen MR) is 71.9 cm³/mol. The van der Waals surface area contributed by atoms with Crippen LogP contribution >= 0.6 is 23.5 Å². The zero-order valence-electron chi connectivity index (χ0n) is 9.80. The second kappa shape index (κ2) is 5.35. The standard InChI is InChI=1S/C12H8N2O3S2/c1-3-17-8-4-7(15)10-11(9(8)16)19-12(18-10)6(5-13)14-2/h4,15-16H,3H2,1H3/b12-6+. The number of fused-ring (bicyclic) bond motifs is 1. The highest BCUT2D eigenvalue weighted by molar-refractivity contribution is 8.24. The molecule has 0 aliphatic carbocycles. The summed E-state index contributed by atoms with van der Waals surface area (Å²) >= 11 is 2.19. The fourth-order valence-corrected chi connectivity index (χ4v) is 3.88. The van der Waals surface area contributed by atoms with E-state index in [0.717, 1.165) is 23.5 Å². The van der Waals surface area contributed by atoms with E-state index in [1.165, 1.54) is 6.07 Å². The molecule has 2 rings (SSSR count). The quantitative estimate of drug-likeness (QED) is 0.494. The number of nitrogens with zero attached hydrogens (tertiary/aromatic N) is 2. The Bertz CT molecular complexity index is 640. The van der Waals surface area contributed by atoms with Crippen molar-refractivity contribution in [3.63, 3.8) is 0 Å². The van der Waals surface area contributed by atoms with Crippen LogP contribution in [-0.2, 0) is 0 Å². The van der Waals surface area contributed by atoms with E-state index in [1.54, 1.807) is 13.0 Å². The zero-order valence-corrected chi connectivity index (χ0v) is 11.4. The molecule has 19 heavy (non-hydrogen) atoms. The van der Waals surface area contributed by atoms with Gasteiger partial charge in [0.2, 0.25) is 0 Å². The lowest BCUT2D eigenvalue weighted by Gasteiger charge is -2.09. The number of ether oxygens (including phenoxy) is 1. The van der Waals surface area contributed by atoms with Gasteiger partial charge in [-0.25, -0.2) is 10.1 Å². The minimum atomic E-state index is -0.0792. The Morgan fingerprint density at radius 3 is 2.74 bits per heavy atom. The Kier molecular flexibility index (Phi) is 3.79. The molecule has 0 bridgehead atoms. The third-order valence-electron chi connectivity index (χ3n) is 2.26. The van der Waals surface area contributed by atoms with Gasteiger partial charge < -0.3 is 14.9 Å². The molecule has 0 aromatic heterocycles. The first-order valence-electron chi connectivity index (χ1n) is 5.21. The van der Waals surface area contributed by atoms with Crippen molar-refractivity contribution in [3.05, 3.63) is 27.4 Å². The Hall–Kier alpha value is -1.96. The molecular weight excluding hydrogens is 284 g/mol. The molecule has 0 fully saturated rings. The number of rotatable bonds is 2. The summed E-state index contributed by atoms with van der Waals surface area (Å²) in [4.78, 5) is 3.98. The lowest BCUT2D eigenvalue weighted by Crippen LogP contribution is -1.92. The van der Waals surface area contributed by atoms with Gasteiger partial charge in [0.05, 0.1) is 33.3 Å². The molecule has 0 radical (unpaired) electrons. The van der Waals surface area contributed by atoms with Crippen molar-refractivity contribution in [2.45, 2.75) is 16.7 Å². The molecule has 5 nitrogen and oxygen atoms in total. The van der Waals surface area contributed by atoms with Crippen molar-refractivity contribution < 1.29 is 14.9 Å². The van der Waals surface area contributed by atoms with Gasteiger partial charge in [0.15, 0.2) is 11.5 Å². The summed E-state index contributed by atoms with van der Waals surface area (Å²) in [6.07, 6.45) is 0. The zero-order chi connectivity index (χ0) is 14.0. The second-order valence-electron chi connectivity index (χ2n) is 3.40. The molecule has 1 aliphatic rings. The summed E-state index contributed by atoms with van der Waals surface area (Å²) in [7, 11) is 0. The summed E-state index contributed by atoms with van der Waals surface area (Å²) in [6, 6.07) is 3.13. The smallest absolute Gasteiger partial charge is 0.282 e. The maximum Gasteiger partial charge on any atom is 0.282 e. The average Bonchev–Trinajstić information content (AvgIpc) is 2.83. The van der Waals surface area contributed by atoms with E-state index in [2.05, 4.69) is 4.85 Å². The first-order valence-corrected chi connectivity index (χ1v) is 6.84. The number of nitriles is 1.